The molecule has 0 aliphatic carbocycles. The summed E-state index contributed by atoms with van der Waals surface area (Å²) in [5, 5.41) is 0. The van der Waals surface area contributed by atoms with Crippen LogP contribution in [0.5, 0.6) is 0 Å². The lowest BCUT2D eigenvalue weighted by Crippen LogP contribution is -2.39. The van der Waals surface area contributed by atoms with Crippen molar-refractivity contribution in [1.29, 1.82) is 0 Å². The quantitative estimate of drug-likeness (QED) is 0.769. The fraction of sp³-hybridized carbons (Fsp3) is 0.615. The normalized spacial score (nSPS) is 21.8. The fourth-order valence-corrected chi connectivity index (χ4v) is 2.41. The SMILES string of the molecule is CCC1CCCCCN1C(=O)c1ccco1. The third kappa shape index (κ3) is 2.29. The van der Waals surface area contributed by atoms with Crippen LogP contribution in [0, 0.1) is 0 Å². The first-order valence-electron chi connectivity index (χ1n) is 6.17. The predicted molar refractivity (Wildman–Crippen MR) is 62.3 cm³/mol. The molecule has 3 heteroatoms. The van der Waals surface area contributed by atoms with E-state index in [4.69, 9.17) is 4.42 Å². The summed E-state index contributed by atoms with van der Waals surface area (Å²) in [5.74, 6) is 0.527. The summed E-state index contributed by atoms with van der Waals surface area (Å²) >= 11 is 0. The Balaban J connectivity index is 2.13. The zero-order valence-corrected chi connectivity index (χ0v) is 9.82. The van der Waals surface area contributed by atoms with Crippen LogP contribution in [0.2, 0.25) is 0 Å². The number of nitrogens with zero attached hydrogens (tertiary/aromatic N) is 1. The van der Waals surface area contributed by atoms with Crippen molar-refractivity contribution in [3.05, 3.63) is 24.2 Å². The molecule has 1 aliphatic heterocycles. The van der Waals surface area contributed by atoms with Gasteiger partial charge in [-0.05, 0) is 31.4 Å². The molecule has 1 unspecified atom stereocenters. The van der Waals surface area contributed by atoms with Crippen LogP contribution in [-0.4, -0.2) is 23.4 Å². The Morgan fingerprint density at radius 3 is 3.06 bits per heavy atom. The van der Waals surface area contributed by atoms with Crippen molar-refractivity contribution >= 4 is 5.91 Å². The number of furan rings is 1. The maximum atomic E-state index is 12.2. The van der Waals surface area contributed by atoms with E-state index < -0.39 is 0 Å². The molecule has 3 nitrogen and oxygen atoms in total. The van der Waals surface area contributed by atoms with Crippen molar-refractivity contribution in [2.45, 2.75) is 45.1 Å². The summed E-state index contributed by atoms with van der Waals surface area (Å²) in [6.45, 7) is 3.02. The Hall–Kier alpha value is -1.25. The summed E-state index contributed by atoms with van der Waals surface area (Å²) < 4.78 is 5.19. The van der Waals surface area contributed by atoms with E-state index in [1.165, 1.54) is 12.8 Å². The van der Waals surface area contributed by atoms with Crippen molar-refractivity contribution in [2.75, 3.05) is 6.54 Å². The van der Waals surface area contributed by atoms with Gasteiger partial charge in [-0.3, -0.25) is 4.79 Å². The second-order valence-electron chi connectivity index (χ2n) is 4.39. The third-order valence-electron chi connectivity index (χ3n) is 3.34. The van der Waals surface area contributed by atoms with Gasteiger partial charge in [-0.2, -0.15) is 0 Å². The largest absolute Gasteiger partial charge is 0.459 e. The summed E-state index contributed by atoms with van der Waals surface area (Å²) in [6.07, 6.45) is 7.31. The first kappa shape index (κ1) is 11.2. The molecule has 88 valence electrons. The van der Waals surface area contributed by atoms with E-state index in [0.29, 0.717) is 11.8 Å². The predicted octanol–water partition coefficient (Wildman–Crippen LogP) is 3.07. The van der Waals surface area contributed by atoms with Gasteiger partial charge in [-0.25, -0.2) is 0 Å². The Morgan fingerprint density at radius 1 is 1.50 bits per heavy atom. The van der Waals surface area contributed by atoms with Crippen molar-refractivity contribution in [1.82, 2.24) is 4.90 Å². The number of hydrogen-bond acceptors (Lipinski definition) is 2. The maximum Gasteiger partial charge on any atom is 0.289 e. The van der Waals surface area contributed by atoms with Gasteiger partial charge in [0.15, 0.2) is 5.76 Å². The Morgan fingerprint density at radius 2 is 2.38 bits per heavy atom. The Kier molecular flexibility index (Phi) is 3.65. The molecule has 2 rings (SSSR count). The van der Waals surface area contributed by atoms with E-state index in [1.807, 2.05) is 4.90 Å². The van der Waals surface area contributed by atoms with Gasteiger partial charge in [0.1, 0.15) is 0 Å². The topological polar surface area (TPSA) is 33.5 Å². The van der Waals surface area contributed by atoms with Crippen LogP contribution in [0.3, 0.4) is 0 Å². The van der Waals surface area contributed by atoms with Gasteiger partial charge in [0.25, 0.3) is 5.91 Å². The maximum absolute atomic E-state index is 12.2. The van der Waals surface area contributed by atoms with Crippen LogP contribution < -0.4 is 0 Å². The smallest absolute Gasteiger partial charge is 0.289 e. The molecule has 1 aromatic heterocycles. The van der Waals surface area contributed by atoms with Gasteiger partial charge in [0, 0.05) is 12.6 Å². The molecular weight excluding hydrogens is 202 g/mol. The molecule has 0 aromatic carbocycles. The van der Waals surface area contributed by atoms with Gasteiger partial charge in [-0.1, -0.05) is 19.8 Å². The fourth-order valence-electron chi connectivity index (χ4n) is 2.41. The van der Waals surface area contributed by atoms with Crippen LogP contribution in [0.15, 0.2) is 22.8 Å². The van der Waals surface area contributed by atoms with Gasteiger partial charge in [0.2, 0.25) is 0 Å². The number of rotatable bonds is 2. The highest BCUT2D eigenvalue weighted by atomic mass is 16.3. The van der Waals surface area contributed by atoms with Crippen molar-refractivity contribution in [2.24, 2.45) is 0 Å². The Bertz CT molecular complexity index is 332. The van der Waals surface area contributed by atoms with E-state index in [-0.39, 0.29) is 5.91 Å². The van der Waals surface area contributed by atoms with Gasteiger partial charge in [0.05, 0.1) is 6.26 Å². The molecule has 1 aliphatic rings. The minimum absolute atomic E-state index is 0.0544. The van der Waals surface area contributed by atoms with E-state index in [9.17, 15) is 4.79 Å². The van der Waals surface area contributed by atoms with Crippen LogP contribution in [0.1, 0.15) is 49.6 Å². The lowest BCUT2D eigenvalue weighted by Gasteiger charge is -2.28. The number of amides is 1. The summed E-state index contributed by atoms with van der Waals surface area (Å²) in [7, 11) is 0. The zero-order valence-electron chi connectivity index (χ0n) is 9.82. The Labute approximate surface area is 96.4 Å². The molecule has 16 heavy (non-hydrogen) atoms. The van der Waals surface area contributed by atoms with Gasteiger partial charge < -0.3 is 9.32 Å². The molecule has 1 atom stereocenters. The summed E-state index contributed by atoms with van der Waals surface area (Å²) in [4.78, 5) is 14.2. The van der Waals surface area contributed by atoms with E-state index in [0.717, 1.165) is 25.8 Å². The zero-order chi connectivity index (χ0) is 11.4. The average Bonchev–Trinajstić information content (AvgIpc) is 2.73. The molecule has 0 saturated carbocycles. The minimum Gasteiger partial charge on any atom is -0.459 e. The molecule has 1 amide bonds. The van der Waals surface area contributed by atoms with Gasteiger partial charge in [-0.15, -0.1) is 0 Å². The number of hydrogen-bond donors (Lipinski definition) is 0. The number of carbonyl (C=O) groups excluding carboxylic acids is 1. The number of likely N-dealkylation sites (tertiary alicyclic amines) is 1. The molecule has 0 spiro atoms. The molecule has 1 fully saturated rings. The molecule has 2 heterocycles. The monoisotopic (exact) mass is 221 g/mol. The molecule has 1 saturated heterocycles. The highest BCUT2D eigenvalue weighted by molar-refractivity contribution is 5.91. The van der Waals surface area contributed by atoms with E-state index in [1.54, 1.807) is 18.4 Å². The summed E-state index contributed by atoms with van der Waals surface area (Å²) in [5.41, 5.74) is 0. The third-order valence-corrected chi connectivity index (χ3v) is 3.34. The molecule has 0 bridgehead atoms. The molecule has 1 aromatic rings. The van der Waals surface area contributed by atoms with Crippen LogP contribution in [0.25, 0.3) is 0 Å². The van der Waals surface area contributed by atoms with Crippen molar-refractivity contribution in [3.63, 3.8) is 0 Å². The first-order valence-corrected chi connectivity index (χ1v) is 6.17. The minimum atomic E-state index is 0.0544. The molecule has 0 radical (unpaired) electrons. The van der Waals surface area contributed by atoms with Crippen LogP contribution in [0.4, 0.5) is 0 Å². The highest BCUT2D eigenvalue weighted by Crippen LogP contribution is 2.21. The van der Waals surface area contributed by atoms with Crippen LogP contribution in [-0.2, 0) is 0 Å². The summed E-state index contributed by atoms with van der Waals surface area (Å²) in [6, 6.07) is 3.91. The van der Waals surface area contributed by atoms with Crippen molar-refractivity contribution < 1.29 is 9.21 Å². The van der Waals surface area contributed by atoms with Gasteiger partial charge >= 0.3 is 0 Å². The second-order valence-corrected chi connectivity index (χ2v) is 4.39. The first-order chi connectivity index (χ1) is 7.83. The van der Waals surface area contributed by atoms with E-state index in [2.05, 4.69) is 6.92 Å². The highest BCUT2D eigenvalue weighted by Gasteiger charge is 2.26. The van der Waals surface area contributed by atoms with Crippen LogP contribution >= 0.6 is 0 Å². The second kappa shape index (κ2) is 5.19. The number of carbonyl (C=O) groups is 1. The van der Waals surface area contributed by atoms with Crippen molar-refractivity contribution in [3.8, 4) is 0 Å². The standard InChI is InChI=1S/C13H19NO2/c1-2-11-7-4-3-5-9-14(11)13(15)12-8-6-10-16-12/h6,8,10-11H,2-5,7,9H2,1H3. The average molecular weight is 221 g/mol. The van der Waals surface area contributed by atoms with E-state index >= 15 is 0 Å². The molecule has 0 N–H and O–H groups in total. The lowest BCUT2D eigenvalue weighted by atomic mass is 10.1. The lowest BCUT2D eigenvalue weighted by molar-refractivity contribution is 0.0645. The molecular formula is C13H19NO2.